The predicted octanol–water partition coefficient (Wildman–Crippen LogP) is 1.87. The van der Waals surface area contributed by atoms with E-state index in [0.717, 1.165) is 17.2 Å². The minimum absolute atomic E-state index is 0.310. The van der Waals surface area contributed by atoms with Crippen molar-refractivity contribution in [2.75, 3.05) is 5.75 Å². The Labute approximate surface area is 118 Å². The van der Waals surface area contributed by atoms with E-state index in [1.54, 1.807) is 0 Å². The molecule has 0 radical (unpaired) electrons. The molecule has 1 aromatic heterocycles. The molecule has 0 N–H and O–H groups in total. The molecule has 0 amide bonds. The first kappa shape index (κ1) is 14.7. The first-order valence-electron chi connectivity index (χ1n) is 6.44. The highest BCUT2D eigenvalue weighted by Crippen LogP contribution is 2.18. The summed E-state index contributed by atoms with van der Waals surface area (Å²) < 4.78 is 39.2. The largest absolute Gasteiger partial charge is 0.748 e. The maximum absolute atomic E-state index is 10.5. The highest BCUT2D eigenvalue weighted by molar-refractivity contribution is 7.85. The van der Waals surface area contributed by atoms with Gasteiger partial charge in [0.1, 0.15) is 0 Å². The topological polar surface area (TPSA) is 74.2 Å². The molecule has 0 aliphatic heterocycles. The van der Waals surface area contributed by atoms with Crippen molar-refractivity contribution in [2.45, 2.75) is 26.3 Å². The van der Waals surface area contributed by atoms with Crippen LogP contribution in [-0.2, 0) is 16.7 Å². The number of hydrogen-bond donors (Lipinski definition) is 0. The number of rotatable bonds is 6. The standard InChI is InChI=1S/C14H17NO4S/c1-12-15(9-5-6-10-20(16,17)18)11-14(19-12)13-7-3-2-4-8-13/h2-4,7-8,11H,5-6,9-10H2,1H3. The van der Waals surface area contributed by atoms with E-state index in [1.807, 2.05) is 48.0 Å². The third-order valence-corrected chi connectivity index (χ3v) is 3.83. The highest BCUT2D eigenvalue weighted by atomic mass is 32.2. The fourth-order valence-corrected chi connectivity index (χ4v) is 2.55. The molecule has 1 aromatic carbocycles. The molecule has 20 heavy (non-hydrogen) atoms. The minimum Gasteiger partial charge on any atom is -0.748 e. The van der Waals surface area contributed by atoms with Gasteiger partial charge in [-0.25, -0.2) is 8.42 Å². The Kier molecular flexibility index (Phi) is 4.57. The van der Waals surface area contributed by atoms with Crippen LogP contribution < -0.4 is 4.57 Å². The Morgan fingerprint density at radius 1 is 1.20 bits per heavy atom. The van der Waals surface area contributed by atoms with Gasteiger partial charge in [0, 0.05) is 17.7 Å². The van der Waals surface area contributed by atoms with Crippen molar-refractivity contribution in [3.8, 4) is 11.3 Å². The summed E-state index contributed by atoms with van der Waals surface area (Å²) >= 11 is 0. The predicted molar refractivity (Wildman–Crippen MR) is 72.9 cm³/mol. The fourth-order valence-electron chi connectivity index (χ4n) is 2.00. The van der Waals surface area contributed by atoms with Crippen molar-refractivity contribution < 1.29 is 22.0 Å². The lowest BCUT2D eigenvalue weighted by Crippen LogP contribution is -2.34. The van der Waals surface area contributed by atoms with Crippen LogP contribution in [0.5, 0.6) is 0 Å². The van der Waals surface area contributed by atoms with Crippen molar-refractivity contribution in [2.24, 2.45) is 0 Å². The first-order valence-corrected chi connectivity index (χ1v) is 8.02. The summed E-state index contributed by atoms with van der Waals surface area (Å²) in [5.74, 6) is 1.23. The van der Waals surface area contributed by atoms with E-state index in [9.17, 15) is 13.0 Å². The molecule has 6 heteroatoms. The van der Waals surface area contributed by atoms with E-state index in [0.29, 0.717) is 19.4 Å². The van der Waals surface area contributed by atoms with Gasteiger partial charge in [-0.3, -0.25) is 0 Å². The van der Waals surface area contributed by atoms with Gasteiger partial charge in [-0.15, -0.1) is 0 Å². The van der Waals surface area contributed by atoms with Gasteiger partial charge in [-0.1, -0.05) is 30.3 Å². The summed E-state index contributed by atoms with van der Waals surface area (Å²) in [5, 5.41) is 0. The third kappa shape index (κ3) is 4.18. The zero-order valence-corrected chi connectivity index (χ0v) is 12.1. The van der Waals surface area contributed by atoms with E-state index in [1.165, 1.54) is 0 Å². The van der Waals surface area contributed by atoms with Crippen LogP contribution in [0.3, 0.4) is 0 Å². The number of aryl methyl sites for hydroxylation is 2. The van der Waals surface area contributed by atoms with Crippen LogP contribution in [0.25, 0.3) is 11.3 Å². The Hall–Kier alpha value is -1.66. The third-order valence-electron chi connectivity index (χ3n) is 3.04. The molecule has 2 aromatic rings. The smallest absolute Gasteiger partial charge is 0.344 e. The van der Waals surface area contributed by atoms with Gasteiger partial charge in [0.25, 0.3) is 0 Å². The van der Waals surface area contributed by atoms with E-state index in [4.69, 9.17) is 4.42 Å². The minimum atomic E-state index is -4.11. The Bertz CT molecular complexity index is 662. The second-order valence-electron chi connectivity index (χ2n) is 4.64. The van der Waals surface area contributed by atoms with Crippen LogP contribution in [0, 0.1) is 6.92 Å². The maximum atomic E-state index is 10.5. The molecule has 0 aliphatic carbocycles. The summed E-state index contributed by atoms with van der Waals surface area (Å²) in [7, 11) is -4.11. The fraction of sp³-hybridized carbons (Fsp3) is 0.357. The highest BCUT2D eigenvalue weighted by Gasteiger charge is 2.15. The number of benzene rings is 1. The van der Waals surface area contributed by atoms with Crippen molar-refractivity contribution in [1.29, 1.82) is 0 Å². The molecular formula is C14H17NO4S. The van der Waals surface area contributed by atoms with Crippen LogP contribution in [0.15, 0.2) is 40.9 Å². The molecule has 0 atom stereocenters. The Morgan fingerprint density at radius 2 is 1.90 bits per heavy atom. The van der Waals surface area contributed by atoms with Gasteiger partial charge in [-0.05, 0) is 6.42 Å². The number of oxazole rings is 1. The van der Waals surface area contributed by atoms with Crippen LogP contribution in [0.4, 0.5) is 0 Å². The quantitative estimate of drug-likeness (QED) is 0.463. The molecule has 0 fully saturated rings. The Balaban J connectivity index is 1.98. The normalized spacial score (nSPS) is 11.7. The molecule has 0 aliphatic rings. The molecule has 0 saturated carbocycles. The lowest BCUT2D eigenvalue weighted by Gasteiger charge is -2.04. The number of hydrogen-bond acceptors (Lipinski definition) is 4. The second-order valence-corrected chi connectivity index (χ2v) is 6.17. The SMILES string of the molecule is Cc1oc(-c2ccccc2)c[n+]1CCCCS(=O)(=O)[O-]. The summed E-state index contributed by atoms with van der Waals surface area (Å²) in [4.78, 5) is 0. The maximum Gasteiger partial charge on any atom is 0.344 e. The number of aromatic nitrogens is 1. The summed E-state index contributed by atoms with van der Waals surface area (Å²) in [6, 6.07) is 9.75. The van der Waals surface area contributed by atoms with E-state index in [-0.39, 0.29) is 5.75 Å². The van der Waals surface area contributed by atoms with Crippen molar-refractivity contribution in [3.63, 3.8) is 0 Å². The van der Waals surface area contributed by atoms with Gasteiger partial charge >= 0.3 is 5.89 Å². The molecule has 2 rings (SSSR count). The average Bonchev–Trinajstić information content (AvgIpc) is 2.76. The second kappa shape index (κ2) is 6.19. The summed E-state index contributed by atoms with van der Waals surface area (Å²) in [6.45, 7) is 2.49. The van der Waals surface area contributed by atoms with Gasteiger partial charge in [0.15, 0.2) is 6.54 Å². The van der Waals surface area contributed by atoms with Crippen LogP contribution in [0.1, 0.15) is 18.7 Å². The van der Waals surface area contributed by atoms with Gasteiger partial charge < -0.3 is 8.97 Å². The van der Waals surface area contributed by atoms with E-state index >= 15 is 0 Å². The zero-order valence-electron chi connectivity index (χ0n) is 11.3. The molecule has 0 bridgehead atoms. The molecule has 0 unspecified atom stereocenters. The zero-order chi connectivity index (χ0) is 14.6. The van der Waals surface area contributed by atoms with Crippen LogP contribution in [0.2, 0.25) is 0 Å². The van der Waals surface area contributed by atoms with Crippen molar-refractivity contribution >= 4 is 10.1 Å². The molecule has 0 saturated heterocycles. The monoisotopic (exact) mass is 295 g/mol. The lowest BCUT2D eigenvalue weighted by atomic mass is 10.2. The van der Waals surface area contributed by atoms with E-state index in [2.05, 4.69) is 0 Å². The number of nitrogens with zero attached hydrogens (tertiary/aromatic N) is 1. The number of unbranched alkanes of at least 4 members (excludes halogenated alkanes) is 1. The van der Waals surface area contributed by atoms with Crippen LogP contribution >= 0.6 is 0 Å². The van der Waals surface area contributed by atoms with E-state index < -0.39 is 10.1 Å². The average molecular weight is 295 g/mol. The van der Waals surface area contributed by atoms with Gasteiger partial charge in [0.05, 0.1) is 17.0 Å². The molecule has 0 spiro atoms. The lowest BCUT2D eigenvalue weighted by molar-refractivity contribution is -0.706. The van der Waals surface area contributed by atoms with Gasteiger partial charge in [0.2, 0.25) is 12.0 Å². The van der Waals surface area contributed by atoms with Crippen molar-refractivity contribution in [3.05, 3.63) is 42.4 Å². The summed E-state index contributed by atoms with van der Waals surface area (Å²) in [6.07, 6.45) is 2.89. The molecular weight excluding hydrogens is 278 g/mol. The van der Waals surface area contributed by atoms with Crippen LogP contribution in [-0.4, -0.2) is 18.7 Å². The molecule has 1 heterocycles. The molecule has 5 nitrogen and oxygen atoms in total. The van der Waals surface area contributed by atoms with Gasteiger partial charge in [-0.2, -0.15) is 4.57 Å². The van der Waals surface area contributed by atoms with Crippen molar-refractivity contribution in [1.82, 2.24) is 0 Å². The summed E-state index contributed by atoms with van der Waals surface area (Å²) in [5.41, 5.74) is 0.997. The Morgan fingerprint density at radius 3 is 2.55 bits per heavy atom. The first-order chi connectivity index (χ1) is 9.46. The molecule has 108 valence electrons.